The molecule has 1 saturated carbocycles. The fourth-order valence-electron chi connectivity index (χ4n) is 3.38. The molecular weight excluding hydrogens is 386 g/mol. The van der Waals surface area contributed by atoms with E-state index in [1.165, 1.54) is 24.7 Å². The number of sulfone groups is 1. The van der Waals surface area contributed by atoms with Crippen LogP contribution in [0.4, 0.5) is 0 Å². The summed E-state index contributed by atoms with van der Waals surface area (Å²) in [5.41, 5.74) is 2.15. The average Bonchev–Trinajstić information content (AvgIpc) is 3.14. The molecule has 0 saturated heterocycles. The standard InChI is InChI=1S/C22H37N3O3S/c1-17-10-11-18(20(14-17)28-19-8-6-7-9-19)15-24-21(23-4)25-16-22(2,3)12-13-29(5,26)27/h10-11,14,19H,6-9,12-13,15-16H2,1-5H3,(H2,23,24,25). The van der Waals surface area contributed by atoms with E-state index in [-0.39, 0.29) is 11.2 Å². The van der Waals surface area contributed by atoms with Gasteiger partial charge in [-0.2, -0.15) is 0 Å². The lowest BCUT2D eigenvalue weighted by Gasteiger charge is -2.26. The van der Waals surface area contributed by atoms with Crippen molar-refractivity contribution in [2.24, 2.45) is 10.4 Å². The van der Waals surface area contributed by atoms with Gasteiger partial charge in [-0.25, -0.2) is 8.42 Å². The molecule has 2 N–H and O–H groups in total. The second-order valence-electron chi connectivity index (χ2n) is 8.96. The first-order valence-electron chi connectivity index (χ1n) is 10.5. The summed E-state index contributed by atoms with van der Waals surface area (Å²) in [5, 5.41) is 6.68. The number of guanidine groups is 1. The van der Waals surface area contributed by atoms with Crippen LogP contribution in [0.25, 0.3) is 0 Å². The molecule has 1 aliphatic carbocycles. The van der Waals surface area contributed by atoms with Gasteiger partial charge in [0.15, 0.2) is 5.96 Å². The molecule has 6 nitrogen and oxygen atoms in total. The van der Waals surface area contributed by atoms with Crippen molar-refractivity contribution in [1.82, 2.24) is 10.6 Å². The van der Waals surface area contributed by atoms with Crippen LogP contribution in [0.15, 0.2) is 23.2 Å². The Balaban J connectivity index is 1.91. The number of ether oxygens (including phenoxy) is 1. The van der Waals surface area contributed by atoms with Gasteiger partial charge in [0.1, 0.15) is 15.6 Å². The number of nitrogens with zero attached hydrogens (tertiary/aromatic N) is 1. The van der Waals surface area contributed by atoms with E-state index in [2.05, 4.69) is 54.6 Å². The zero-order chi connectivity index (χ0) is 21.5. The summed E-state index contributed by atoms with van der Waals surface area (Å²) in [6.45, 7) is 7.46. The zero-order valence-electron chi connectivity index (χ0n) is 18.5. The van der Waals surface area contributed by atoms with Crippen molar-refractivity contribution in [1.29, 1.82) is 0 Å². The summed E-state index contributed by atoms with van der Waals surface area (Å²) in [4.78, 5) is 4.30. The third kappa shape index (κ3) is 8.64. The molecule has 2 rings (SSSR count). The molecule has 0 spiro atoms. The lowest BCUT2D eigenvalue weighted by atomic mass is 9.90. The van der Waals surface area contributed by atoms with Crippen molar-refractivity contribution in [3.8, 4) is 5.75 Å². The molecule has 0 atom stereocenters. The molecule has 0 amide bonds. The molecule has 0 unspecified atom stereocenters. The van der Waals surface area contributed by atoms with Crippen LogP contribution >= 0.6 is 0 Å². The smallest absolute Gasteiger partial charge is 0.191 e. The Morgan fingerprint density at radius 2 is 1.93 bits per heavy atom. The Morgan fingerprint density at radius 3 is 2.55 bits per heavy atom. The van der Waals surface area contributed by atoms with Crippen LogP contribution < -0.4 is 15.4 Å². The largest absolute Gasteiger partial charge is 0.490 e. The highest BCUT2D eigenvalue weighted by molar-refractivity contribution is 7.90. The fourth-order valence-corrected chi connectivity index (χ4v) is 4.30. The number of benzene rings is 1. The van der Waals surface area contributed by atoms with Gasteiger partial charge in [0.05, 0.1) is 11.9 Å². The van der Waals surface area contributed by atoms with E-state index in [0.717, 1.165) is 24.2 Å². The highest BCUT2D eigenvalue weighted by Gasteiger charge is 2.21. The minimum absolute atomic E-state index is 0.151. The summed E-state index contributed by atoms with van der Waals surface area (Å²) < 4.78 is 29.2. The first-order chi connectivity index (χ1) is 13.6. The summed E-state index contributed by atoms with van der Waals surface area (Å²) in [5.74, 6) is 1.84. The third-order valence-electron chi connectivity index (χ3n) is 5.37. The van der Waals surface area contributed by atoms with Crippen molar-refractivity contribution in [3.05, 3.63) is 29.3 Å². The number of hydrogen-bond donors (Lipinski definition) is 2. The second kappa shape index (κ2) is 10.3. The van der Waals surface area contributed by atoms with Crippen LogP contribution in [0.2, 0.25) is 0 Å². The van der Waals surface area contributed by atoms with E-state index < -0.39 is 9.84 Å². The summed E-state index contributed by atoms with van der Waals surface area (Å²) in [7, 11) is -1.21. The number of hydrogen-bond acceptors (Lipinski definition) is 4. The summed E-state index contributed by atoms with van der Waals surface area (Å²) in [6, 6.07) is 6.32. The predicted molar refractivity (Wildman–Crippen MR) is 120 cm³/mol. The predicted octanol–water partition coefficient (Wildman–Crippen LogP) is 3.44. The molecule has 0 aromatic heterocycles. The van der Waals surface area contributed by atoms with Crippen molar-refractivity contribution in [2.45, 2.75) is 65.5 Å². The van der Waals surface area contributed by atoms with Gasteiger partial charge >= 0.3 is 0 Å². The maximum Gasteiger partial charge on any atom is 0.191 e. The lowest BCUT2D eigenvalue weighted by Crippen LogP contribution is -2.42. The maximum absolute atomic E-state index is 11.4. The molecule has 1 aromatic carbocycles. The van der Waals surface area contributed by atoms with Crippen molar-refractivity contribution < 1.29 is 13.2 Å². The van der Waals surface area contributed by atoms with Gasteiger partial charge in [0.2, 0.25) is 0 Å². The van der Waals surface area contributed by atoms with Gasteiger partial charge in [-0.15, -0.1) is 0 Å². The van der Waals surface area contributed by atoms with Crippen LogP contribution in [0, 0.1) is 12.3 Å². The SMILES string of the molecule is CN=C(NCc1ccc(C)cc1OC1CCCC1)NCC(C)(C)CCS(C)(=O)=O. The highest BCUT2D eigenvalue weighted by Crippen LogP contribution is 2.27. The molecule has 29 heavy (non-hydrogen) atoms. The van der Waals surface area contributed by atoms with Crippen LogP contribution in [0.1, 0.15) is 57.1 Å². The van der Waals surface area contributed by atoms with Crippen molar-refractivity contribution in [2.75, 3.05) is 25.6 Å². The van der Waals surface area contributed by atoms with Gasteiger partial charge in [-0.3, -0.25) is 4.99 Å². The van der Waals surface area contributed by atoms with Gasteiger partial charge in [-0.1, -0.05) is 26.0 Å². The first kappa shape index (κ1) is 23.5. The Morgan fingerprint density at radius 1 is 1.24 bits per heavy atom. The highest BCUT2D eigenvalue weighted by atomic mass is 32.2. The third-order valence-corrected chi connectivity index (χ3v) is 6.32. The molecule has 1 fully saturated rings. The topological polar surface area (TPSA) is 79.8 Å². The van der Waals surface area contributed by atoms with E-state index in [9.17, 15) is 8.42 Å². The molecular formula is C22H37N3O3S. The van der Waals surface area contributed by atoms with Gasteiger partial charge in [0, 0.05) is 32.0 Å². The Bertz CT molecular complexity index is 798. The zero-order valence-corrected chi connectivity index (χ0v) is 19.4. The summed E-state index contributed by atoms with van der Waals surface area (Å²) in [6.07, 6.45) is 6.96. The second-order valence-corrected chi connectivity index (χ2v) is 11.2. The van der Waals surface area contributed by atoms with E-state index >= 15 is 0 Å². The van der Waals surface area contributed by atoms with Crippen LogP contribution in [-0.2, 0) is 16.4 Å². The first-order valence-corrected chi connectivity index (χ1v) is 12.5. The normalized spacial score (nSPS) is 16.1. The molecule has 0 bridgehead atoms. The molecule has 1 aromatic rings. The molecule has 1 aliphatic rings. The van der Waals surface area contributed by atoms with Gasteiger partial charge < -0.3 is 15.4 Å². The number of nitrogens with one attached hydrogen (secondary N) is 2. The lowest BCUT2D eigenvalue weighted by molar-refractivity contribution is 0.207. The Hall–Kier alpha value is -1.76. The van der Waals surface area contributed by atoms with E-state index in [4.69, 9.17) is 4.74 Å². The number of aryl methyl sites for hydroxylation is 1. The molecule has 0 heterocycles. The van der Waals surface area contributed by atoms with E-state index in [1.54, 1.807) is 7.05 Å². The molecule has 0 radical (unpaired) electrons. The minimum atomic E-state index is -2.95. The van der Waals surface area contributed by atoms with E-state index in [0.29, 0.717) is 31.6 Å². The molecule has 0 aliphatic heterocycles. The quantitative estimate of drug-likeness (QED) is 0.470. The van der Waals surface area contributed by atoms with Crippen LogP contribution in [-0.4, -0.2) is 46.1 Å². The summed E-state index contributed by atoms with van der Waals surface area (Å²) >= 11 is 0. The average molecular weight is 424 g/mol. The van der Waals surface area contributed by atoms with Crippen molar-refractivity contribution >= 4 is 15.8 Å². The van der Waals surface area contributed by atoms with Crippen molar-refractivity contribution in [3.63, 3.8) is 0 Å². The monoisotopic (exact) mass is 423 g/mol. The van der Waals surface area contributed by atoms with Gasteiger partial charge in [-0.05, 0) is 56.1 Å². The Kier molecular flexibility index (Phi) is 8.37. The molecule has 7 heteroatoms. The number of rotatable bonds is 9. The van der Waals surface area contributed by atoms with Crippen LogP contribution in [0.3, 0.4) is 0 Å². The molecule has 164 valence electrons. The van der Waals surface area contributed by atoms with Crippen LogP contribution in [0.5, 0.6) is 5.75 Å². The number of aliphatic imine (C=N–C) groups is 1. The minimum Gasteiger partial charge on any atom is -0.490 e. The van der Waals surface area contributed by atoms with E-state index in [1.807, 2.05) is 0 Å². The Labute approximate surface area is 176 Å². The fraction of sp³-hybridized carbons (Fsp3) is 0.682. The van der Waals surface area contributed by atoms with Gasteiger partial charge in [0.25, 0.3) is 0 Å². The maximum atomic E-state index is 11.4.